The maximum Gasteiger partial charge on any atom is 0.207 e. The van der Waals surface area contributed by atoms with Crippen molar-refractivity contribution in [3.63, 3.8) is 0 Å². The van der Waals surface area contributed by atoms with Crippen LogP contribution in [0.5, 0.6) is 0 Å². The van der Waals surface area contributed by atoms with Gasteiger partial charge < -0.3 is 10.3 Å². The van der Waals surface area contributed by atoms with Crippen LogP contribution < -0.4 is 5.32 Å². The highest BCUT2D eigenvalue weighted by atomic mass is 16.1. The van der Waals surface area contributed by atoms with E-state index < -0.39 is 0 Å². The summed E-state index contributed by atoms with van der Waals surface area (Å²) in [6.45, 7) is 4.16. The van der Waals surface area contributed by atoms with Crippen LogP contribution in [-0.4, -0.2) is 16.9 Å². The number of carbonyl (C=O) groups excluding carboxylic acids is 1. The highest BCUT2D eigenvalue weighted by molar-refractivity contribution is 5.83. The van der Waals surface area contributed by atoms with E-state index in [0.29, 0.717) is 0 Å². The first-order valence-electron chi connectivity index (χ1n) is 5.95. The Kier molecular flexibility index (Phi) is 3.18. The van der Waals surface area contributed by atoms with Gasteiger partial charge in [0.25, 0.3) is 0 Å². The molecule has 3 nitrogen and oxygen atoms in total. The molecule has 2 aromatic rings. The Hall–Kier alpha value is -1.77. The average Bonchev–Trinajstić information content (AvgIpc) is 2.73. The molecule has 1 aromatic heterocycles. The first-order valence-corrected chi connectivity index (χ1v) is 5.95. The Morgan fingerprint density at radius 1 is 1.41 bits per heavy atom. The quantitative estimate of drug-likeness (QED) is 0.762. The number of aromatic amines is 1. The predicted molar refractivity (Wildman–Crippen MR) is 69.9 cm³/mol. The number of nitrogens with one attached hydrogen (secondary N) is 2. The van der Waals surface area contributed by atoms with E-state index in [4.69, 9.17) is 0 Å². The first kappa shape index (κ1) is 11.7. The van der Waals surface area contributed by atoms with Gasteiger partial charge in [-0.1, -0.05) is 25.1 Å². The number of amides is 1. The molecule has 1 amide bonds. The molecular formula is C14H18N2O. The van der Waals surface area contributed by atoms with E-state index in [1.807, 2.05) is 18.3 Å². The second-order valence-corrected chi connectivity index (χ2v) is 4.71. The van der Waals surface area contributed by atoms with Gasteiger partial charge in [-0.05, 0) is 31.4 Å². The van der Waals surface area contributed by atoms with Crippen molar-refractivity contribution in [1.29, 1.82) is 0 Å². The number of hydrogen-bond acceptors (Lipinski definition) is 1. The lowest BCUT2D eigenvalue weighted by atomic mass is 9.90. The third-order valence-corrected chi connectivity index (χ3v) is 3.44. The molecule has 0 fully saturated rings. The molecule has 0 saturated carbocycles. The summed E-state index contributed by atoms with van der Waals surface area (Å²) in [5, 5.41) is 4.15. The fraction of sp³-hybridized carbons (Fsp3) is 0.357. The van der Waals surface area contributed by atoms with Gasteiger partial charge in [0.15, 0.2) is 0 Å². The Labute approximate surface area is 101 Å². The molecule has 2 N–H and O–H groups in total. The van der Waals surface area contributed by atoms with Gasteiger partial charge in [-0.15, -0.1) is 0 Å². The number of carbonyl (C=O) groups is 1. The molecule has 0 saturated heterocycles. The van der Waals surface area contributed by atoms with E-state index in [1.54, 1.807) is 0 Å². The monoisotopic (exact) mass is 230 g/mol. The summed E-state index contributed by atoms with van der Waals surface area (Å²) in [5.74, 6) is 0. The van der Waals surface area contributed by atoms with E-state index >= 15 is 0 Å². The predicted octanol–water partition coefficient (Wildman–Crippen LogP) is 2.63. The van der Waals surface area contributed by atoms with Crippen LogP contribution in [0.2, 0.25) is 0 Å². The fourth-order valence-corrected chi connectivity index (χ4v) is 2.12. The van der Waals surface area contributed by atoms with Crippen molar-refractivity contribution >= 4 is 17.3 Å². The van der Waals surface area contributed by atoms with Gasteiger partial charge in [0.2, 0.25) is 6.41 Å². The molecule has 0 aliphatic heterocycles. The van der Waals surface area contributed by atoms with Gasteiger partial charge in [0, 0.05) is 22.6 Å². The molecule has 0 radical (unpaired) electrons. The number of hydrogen-bond donors (Lipinski definition) is 2. The summed E-state index contributed by atoms with van der Waals surface area (Å²) in [7, 11) is 0. The summed E-state index contributed by atoms with van der Waals surface area (Å²) in [6.07, 6.45) is 4.57. The highest BCUT2D eigenvalue weighted by Crippen LogP contribution is 2.23. The van der Waals surface area contributed by atoms with Gasteiger partial charge in [-0.3, -0.25) is 4.79 Å². The molecule has 1 atom stereocenters. The number of H-pyrrole nitrogens is 1. The Balaban J connectivity index is 2.31. The van der Waals surface area contributed by atoms with Crippen LogP contribution in [0.25, 0.3) is 10.9 Å². The molecule has 1 heterocycles. The largest absolute Gasteiger partial charge is 0.361 e. The molecule has 17 heavy (non-hydrogen) atoms. The molecule has 1 unspecified atom stereocenters. The van der Waals surface area contributed by atoms with E-state index in [0.717, 1.165) is 24.8 Å². The van der Waals surface area contributed by atoms with Crippen molar-refractivity contribution in [3.05, 3.63) is 36.0 Å². The summed E-state index contributed by atoms with van der Waals surface area (Å²) < 4.78 is 0. The maximum absolute atomic E-state index is 10.7. The van der Waals surface area contributed by atoms with Crippen molar-refractivity contribution in [2.24, 2.45) is 0 Å². The van der Waals surface area contributed by atoms with Crippen molar-refractivity contribution in [2.45, 2.75) is 32.2 Å². The van der Waals surface area contributed by atoms with Crippen molar-refractivity contribution in [3.8, 4) is 0 Å². The zero-order valence-corrected chi connectivity index (χ0v) is 10.3. The van der Waals surface area contributed by atoms with Crippen LogP contribution in [0.15, 0.2) is 30.5 Å². The van der Waals surface area contributed by atoms with Crippen LogP contribution in [-0.2, 0) is 11.2 Å². The van der Waals surface area contributed by atoms with Gasteiger partial charge in [0.05, 0.1) is 0 Å². The van der Waals surface area contributed by atoms with Gasteiger partial charge >= 0.3 is 0 Å². The second-order valence-electron chi connectivity index (χ2n) is 4.71. The van der Waals surface area contributed by atoms with Gasteiger partial charge in [-0.2, -0.15) is 0 Å². The summed E-state index contributed by atoms with van der Waals surface area (Å²) in [6, 6.07) is 8.23. The van der Waals surface area contributed by atoms with Crippen molar-refractivity contribution < 1.29 is 4.79 Å². The number of benzene rings is 1. The number of rotatable bonds is 5. The third-order valence-electron chi connectivity index (χ3n) is 3.44. The van der Waals surface area contributed by atoms with Crippen molar-refractivity contribution in [1.82, 2.24) is 10.3 Å². The maximum atomic E-state index is 10.7. The van der Waals surface area contributed by atoms with Gasteiger partial charge in [0.1, 0.15) is 0 Å². The Morgan fingerprint density at radius 3 is 2.88 bits per heavy atom. The fourth-order valence-electron chi connectivity index (χ4n) is 2.12. The number of para-hydroxylation sites is 1. The normalized spacial score (nSPS) is 14.5. The average molecular weight is 230 g/mol. The van der Waals surface area contributed by atoms with Crippen molar-refractivity contribution in [2.75, 3.05) is 0 Å². The lowest BCUT2D eigenvalue weighted by Crippen LogP contribution is -2.42. The molecule has 3 heteroatoms. The lowest BCUT2D eigenvalue weighted by molar-refractivity contribution is -0.111. The SMILES string of the molecule is CCC(C)(Cc1c[nH]c2ccccc12)NC=O. The Bertz CT molecular complexity index is 518. The molecule has 0 spiro atoms. The highest BCUT2D eigenvalue weighted by Gasteiger charge is 2.22. The number of aromatic nitrogens is 1. The molecule has 0 aliphatic rings. The minimum Gasteiger partial charge on any atom is -0.361 e. The van der Waals surface area contributed by atoms with Crippen LogP contribution in [0.1, 0.15) is 25.8 Å². The zero-order valence-electron chi connectivity index (χ0n) is 10.3. The topological polar surface area (TPSA) is 44.9 Å². The minimum atomic E-state index is -0.174. The number of fused-ring (bicyclic) bond motifs is 1. The summed E-state index contributed by atoms with van der Waals surface area (Å²) in [5.41, 5.74) is 2.22. The Morgan fingerprint density at radius 2 is 2.18 bits per heavy atom. The summed E-state index contributed by atoms with van der Waals surface area (Å²) >= 11 is 0. The third kappa shape index (κ3) is 2.33. The van der Waals surface area contributed by atoms with Crippen LogP contribution >= 0.6 is 0 Å². The van der Waals surface area contributed by atoms with Crippen LogP contribution in [0, 0.1) is 0 Å². The lowest BCUT2D eigenvalue weighted by Gasteiger charge is -2.27. The molecule has 0 aliphatic carbocycles. The van der Waals surface area contributed by atoms with Crippen LogP contribution in [0.3, 0.4) is 0 Å². The summed E-state index contributed by atoms with van der Waals surface area (Å²) in [4.78, 5) is 13.9. The minimum absolute atomic E-state index is 0.174. The second kappa shape index (κ2) is 4.62. The standard InChI is InChI=1S/C14H18N2O/c1-3-14(2,16-10-17)8-11-9-15-13-7-5-4-6-12(11)13/h4-7,9-10,15H,3,8H2,1-2H3,(H,16,17). The molecule has 1 aromatic carbocycles. The molecule has 90 valence electrons. The first-order chi connectivity index (χ1) is 8.18. The van der Waals surface area contributed by atoms with E-state index in [2.05, 4.69) is 36.3 Å². The molecule has 0 bridgehead atoms. The van der Waals surface area contributed by atoms with Gasteiger partial charge in [-0.25, -0.2) is 0 Å². The molecule has 2 rings (SSSR count). The van der Waals surface area contributed by atoms with Crippen LogP contribution in [0.4, 0.5) is 0 Å². The van der Waals surface area contributed by atoms with E-state index in [-0.39, 0.29) is 5.54 Å². The molecular weight excluding hydrogens is 212 g/mol. The van der Waals surface area contributed by atoms with E-state index in [1.165, 1.54) is 10.9 Å². The smallest absolute Gasteiger partial charge is 0.207 e. The van der Waals surface area contributed by atoms with E-state index in [9.17, 15) is 4.79 Å². The zero-order chi connectivity index (χ0) is 12.3.